The van der Waals surface area contributed by atoms with Crippen LogP contribution in [0.1, 0.15) is 112 Å². The Hall–Kier alpha value is -8.62. The molecule has 2 aromatic heterocycles. The number of carbonyl (C=O) groups excluding carboxylic acids is 4. The third-order valence-corrected chi connectivity index (χ3v) is 17.2. The molecule has 0 aliphatic carbocycles. The Labute approximate surface area is 493 Å². The van der Waals surface area contributed by atoms with Gasteiger partial charge in [-0.25, -0.2) is 4.79 Å². The van der Waals surface area contributed by atoms with Crippen LogP contribution in [0.5, 0.6) is 23.0 Å². The number of esters is 2. The molecule has 2 aliphatic rings. The fourth-order valence-corrected chi connectivity index (χ4v) is 12.8. The van der Waals surface area contributed by atoms with E-state index in [0.29, 0.717) is 59.0 Å². The van der Waals surface area contributed by atoms with Gasteiger partial charge in [0.2, 0.25) is 0 Å². The summed E-state index contributed by atoms with van der Waals surface area (Å²) in [5.41, 5.74) is 6.16. The highest BCUT2D eigenvalue weighted by Gasteiger charge is 2.25. The first kappa shape index (κ1) is 57.6. The topological polar surface area (TPSA) is 112 Å². The average Bonchev–Trinajstić information content (AvgIpc) is 4.29. The van der Waals surface area contributed by atoms with Gasteiger partial charge >= 0.3 is 11.9 Å². The number of hydrogen-bond acceptors (Lipinski definition) is 12. The zero-order valence-corrected chi connectivity index (χ0v) is 48.2. The maximum absolute atomic E-state index is 14.0. The molecule has 9 aromatic rings. The van der Waals surface area contributed by atoms with Gasteiger partial charge in [-0.2, -0.15) is 0 Å². The van der Waals surface area contributed by atoms with Crippen molar-refractivity contribution in [1.82, 2.24) is 9.80 Å². The van der Waals surface area contributed by atoms with E-state index in [4.69, 9.17) is 31.8 Å². The van der Waals surface area contributed by atoms with Gasteiger partial charge in [0, 0.05) is 82.8 Å². The summed E-state index contributed by atoms with van der Waals surface area (Å²) >= 11 is 3.05. The first-order valence-electron chi connectivity index (χ1n) is 28.4. The van der Waals surface area contributed by atoms with Crippen molar-refractivity contribution in [3.8, 4) is 68.6 Å². The highest BCUT2D eigenvalue weighted by Crippen LogP contribution is 2.43. The number of thiophene rings is 2. The summed E-state index contributed by atoms with van der Waals surface area (Å²) in [5.74, 6) is 6.98. The fraction of sp³-hybridized carbons (Fsp3) is 0.239. The highest BCUT2D eigenvalue weighted by atomic mass is 32.1. The van der Waals surface area contributed by atoms with Crippen LogP contribution >= 0.6 is 22.7 Å². The van der Waals surface area contributed by atoms with Crippen molar-refractivity contribution in [1.29, 1.82) is 0 Å². The van der Waals surface area contributed by atoms with E-state index in [0.717, 1.165) is 109 Å². The van der Waals surface area contributed by atoms with Crippen molar-refractivity contribution in [2.45, 2.75) is 58.3 Å². The molecular formula is C71H64N2O8S2. The van der Waals surface area contributed by atoms with E-state index >= 15 is 0 Å². The van der Waals surface area contributed by atoms with Gasteiger partial charge < -0.3 is 18.9 Å². The smallest absolute Gasteiger partial charge is 0.343 e. The number of hydrogen-bond donors (Lipinski definition) is 0. The van der Waals surface area contributed by atoms with Crippen LogP contribution in [0.4, 0.5) is 0 Å². The van der Waals surface area contributed by atoms with E-state index in [1.54, 1.807) is 48.5 Å². The zero-order valence-electron chi connectivity index (χ0n) is 46.5. The van der Waals surface area contributed by atoms with Crippen LogP contribution in [0.3, 0.4) is 0 Å². The first-order chi connectivity index (χ1) is 40.6. The van der Waals surface area contributed by atoms with Crippen molar-refractivity contribution >= 4 is 66.4 Å². The normalized spacial score (nSPS) is 13.5. The zero-order chi connectivity index (χ0) is 57.5. The molecule has 0 N–H and O–H groups in total. The van der Waals surface area contributed by atoms with Crippen LogP contribution in [0.25, 0.3) is 41.1 Å². The first-order valence-corrected chi connectivity index (χ1v) is 30.0. The summed E-state index contributed by atoms with van der Waals surface area (Å²) in [6.07, 6.45) is 20.1. The minimum atomic E-state index is -0.424. The van der Waals surface area contributed by atoms with Gasteiger partial charge in [0.05, 0.1) is 5.56 Å². The molecule has 0 bridgehead atoms. The standard InChI is InChI=1S/C37H31NO4S.C34H33NO4S/c1-2-26-11-20-32-33(25-26)43-36(28-14-18-31(19-15-28)42-37(40)29-9-5-3-6-10-29)34(32)35(39)27-12-16-30(17-13-27)41-24-23-38-21-7-4-8-22-38;1-3-8-31(36)39-28-16-12-26(13-17-28)34-32(29-18-9-24(4-2)23-30(29)40-34)33(37)25-10-14-27(15-11-25)38-22-21-35-19-6-5-7-20-35/h1,3,5-6,9-20,25H,4,7-8,21-24H2;2,9-18,23H,3,5-8,19-22H2,1H3. The average molecular weight is 1140 g/mol. The van der Waals surface area contributed by atoms with Crippen LogP contribution in [-0.2, 0) is 4.79 Å². The molecule has 0 unspecified atom stereocenters. The van der Waals surface area contributed by atoms with Crippen molar-refractivity contribution in [3.05, 3.63) is 203 Å². The molecular weight excluding hydrogens is 1070 g/mol. The number of ketones is 2. The number of fused-ring (bicyclic) bond motifs is 2. The van der Waals surface area contributed by atoms with Gasteiger partial charge in [-0.1, -0.05) is 61.9 Å². The van der Waals surface area contributed by atoms with E-state index in [1.165, 1.54) is 61.2 Å². The molecule has 2 saturated heterocycles. The summed E-state index contributed by atoms with van der Waals surface area (Å²) in [6, 6.07) is 49.7. The molecule has 11 rings (SSSR count). The monoisotopic (exact) mass is 1140 g/mol. The number of nitrogens with zero attached hydrogens (tertiary/aromatic N) is 2. The van der Waals surface area contributed by atoms with Gasteiger partial charge in [-0.3, -0.25) is 24.2 Å². The minimum absolute atomic E-state index is 0.0620. The fourth-order valence-electron chi connectivity index (χ4n) is 10.4. The maximum atomic E-state index is 14.0. The van der Waals surface area contributed by atoms with Crippen molar-refractivity contribution in [2.24, 2.45) is 0 Å². The third kappa shape index (κ3) is 14.5. The Morgan fingerprint density at radius 1 is 0.482 bits per heavy atom. The van der Waals surface area contributed by atoms with E-state index in [-0.39, 0.29) is 17.5 Å². The van der Waals surface area contributed by atoms with Crippen LogP contribution < -0.4 is 18.9 Å². The summed E-state index contributed by atoms with van der Waals surface area (Å²) in [6.45, 7) is 9.58. The SMILES string of the molecule is C#Cc1ccc2c(C(=O)c3ccc(OCCN4CCCCC4)cc3)c(-c3ccc(OC(=O)CCC)cc3)sc2c1.C#Cc1ccc2c(C(=O)c3ccc(OCCN4CCCCC4)cc3)c(-c3ccc(OC(=O)c4ccccc4)cc3)sc2c1. The Balaban J connectivity index is 0.000000186. The molecule has 83 heavy (non-hydrogen) atoms. The van der Waals surface area contributed by atoms with Crippen LogP contribution in [0, 0.1) is 24.7 Å². The van der Waals surface area contributed by atoms with Gasteiger partial charge in [0.25, 0.3) is 0 Å². The Morgan fingerprint density at radius 3 is 1.33 bits per heavy atom. The predicted molar refractivity (Wildman–Crippen MR) is 334 cm³/mol. The Morgan fingerprint density at radius 2 is 0.904 bits per heavy atom. The Bertz CT molecular complexity index is 3800. The summed E-state index contributed by atoms with van der Waals surface area (Å²) in [5, 5.41) is 1.72. The molecule has 10 nitrogen and oxygen atoms in total. The predicted octanol–water partition coefficient (Wildman–Crippen LogP) is 15.2. The second-order valence-corrected chi connectivity index (χ2v) is 22.7. The second-order valence-electron chi connectivity index (χ2n) is 20.6. The lowest BCUT2D eigenvalue weighted by atomic mass is 9.97. The number of likely N-dealkylation sites (tertiary alicyclic amines) is 2. The number of terminal acetylenes is 2. The molecule has 12 heteroatoms. The van der Waals surface area contributed by atoms with Gasteiger partial charge in [-0.15, -0.1) is 35.5 Å². The lowest BCUT2D eigenvalue weighted by molar-refractivity contribution is -0.134. The molecule has 2 fully saturated rings. The second kappa shape index (κ2) is 27.9. The van der Waals surface area contributed by atoms with Crippen LogP contribution in [0.2, 0.25) is 0 Å². The molecule has 0 radical (unpaired) electrons. The molecule has 0 saturated carbocycles. The number of piperidine rings is 2. The third-order valence-electron chi connectivity index (χ3n) is 14.8. The quantitative estimate of drug-likeness (QED) is 0.0336. The maximum Gasteiger partial charge on any atom is 0.343 e. The molecule has 0 amide bonds. The van der Waals surface area contributed by atoms with Gasteiger partial charge in [-0.05, 0) is 203 Å². The van der Waals surface area contributed by atoms with Crippen LogP contribution in [-0.4, -0.2) is 85.8 Å². The highest BCUT2D eigenvalue weighted by molar-refractivity contribution is 7.23. The summed E-state index contributed by atoms with van der Waals surface area (Å²) in [4.78, 5) is 58.9. The molecule has 0 atom stereocenters. The minimum Gasteiger partial charge on any atom is -0.492 e. The lowest BCUT2D eigenvalue weighted by Gasteiger charge is -2.26. The molecule has 0 spiro atoms. The summed E-state index contributed by atoms with van der Waals surface area (Å²) < 4.78 is 24.8. The van der Waals surface area contributed by atoms with E-state index < -0.39 is 5.97 Å². The van der Waals surface area contributed by atoms with E-state index in [1.807, 2.05) is 122 Å². The van der Waals surface area contributed by atoms with Crippen LogP contribution in [0.15, 0.2) is 164 Å². The Kier molecular flexibility index (Phi) is 19.4. The number of ether oxygens (including phenoxy) is 4. The van der Waals surface area contributed by atoms with Gasteiger partial charge in [0.1, 0.15) is 36.2 Å². The number of benzene rings is 7. The molecule has 4 heterocycles. The largest absolute Gasteiger partial charge is 0.492 e. The number of carbonyl (C=O) groups is 4. The molecule has 7 aromatic carbocycles. The van der Waals surface area contributed by atoms with Crippen molar-refractivity contribution < 1.29 is 38.1 Å². The summed E-state index contributed by atoms with van der Waals surface area (Å²) in [7, 11) is 0. The van der Waals surface area contributed by atoms with E-state index in [2.05, 4.69) is 21.6 Å². The van der Waals surface area contributed by atoms with Gasteiger partial charge in [0.15, 0.2) is 11.6 Å². The van der Waals surface area contributed by atoms with Crippen molar-refractivity contribution in [2.75, 3.05) is 52.5 Å². The molecule has 2 aliphatic heterocycles. The number of rotatable bonds is 19. The van der Waals surface area contributed by atoms with E-state index in [9.17, 15) is 19.2 Å². The molecule has 418 valence electrons. The van der Waals surface area contributed by atoms with Crippen molar-refractivity contribution in [3.63, 3.8) is 0 Å². The lowest BCUT2D eigenvalue weighted by Crippen LogP contribution is -2.33.